The van der Waals surface area contributed by atoms with Crippen molar-refractivity contribution in [3.63, 3.8) is 0 Å². The largest absolute Gasteiger partial charge is 0.434 e. The van der Waals surface area contributed by atoms with Crippen molar-refractivity contribution in [2.75, 3.05) is 5.32 Å². The third-order valence-electron chi connectivity index (χ3n) is 5.75. The van der Waals surface area contributed by atoms with Gasteiger partial charge in [0.15, 0.2) is 0 Å². The van der Waals surface area contributed by atoms with E-state index in [4.69, 9.17) is 16.0 Å². The standard InChI is InChI=1S/C27H21ClN8O4/c28-20-9-12-23(36-16-29-34-35-36)19(15-20)8-13-24(37)31-22(14-17-4-2-1-3-5-17)25(38)30-21-10-6-18(7-11-21)26-32-33-27(39)40-26/h1-13,15-16,22H,14H2,(H,30,38)(H,31,37)(H,33,39). The van der Waals surface area contributed by atoms with Crippen LogP contribution in [-0.2, 0) is 16.0 Å². The highest BCUT2D eigenvalue weighted by molar-refractivity contribution is 6.30. The second kappa shape index (κ2) is 12.0. The van der Waals surface area contributed by atoms with Crippen molar-refractivity contribution in [3.05, 3.63) is 112 Å². The van der Waals surface area contributed by atoms with Crippen molar-refractivity contribution in [1.82, 2.24) is 35.7 Å². The van der Waals surface area contributed by atoms with Crippen LogP contribution in [0.3, 0.4) is 0 Å². The van der Waals surface area contributed by atoms with Gasteiger partial charge in [0.05, 0.1) is 5.69 Å². The summed E-state index contributed by atoms with van der Waals surface area (Å²) in [5.41, 5.74) is 3.13. The van der Waals surface area contributed by atoms with Crippen molar-refractivity contribution in [1.29, 1.82) is 0 Å². The second-order valence-corrected chi connectivity index (χ2v) is 8.96. The van der Waals surface area contributed by atoms with Gasteiger partial charge < -0.3 is 15.1 Å². The molecule has 0 spiro atoms. The summed E-state index contributed by atoms with van der Waals surface area (Å²) >= 11 is 6.16. The van der Waals surface area contributed by atoms with E-state index in [0.29, 0.717) is 27.5 Å². The number of H-pyrrole nitrogens is 1. The van der Waals surface area contributed by atoms with Gasteiger partial charge in [-0.15, -0.1) is 10.2 Å². The number of nitrogens with zero attached hydrogens (tertiary/aromatic N) is 5. The number of hydrogen-bond donors (Lipinski definition) is 3. The number of tetrazole rings is 1. The minimum absolute atomic E-state index is 0.131. The van der Waals surface area contributed by atoms with E-state index in [2.05, 4.69) is 36.4 Å². The molecule has 12 nitrogen and oxygen atoms in total. The fraction of sp³-hybridized carbons (Fsp3) is 0.0741. The van der Waals surface area contributed by atoms with Gasteiger partial charge in [0.2, 0.25) is 17.7 Å². The minimum Gasteiger partial charge on any atom is -0.388 e. The normalized spacial score (nSPS) is 11.8. The van der Waals surface area contributed by atoms with Crippen LogP contribution in [0.15, 0.2) is 94.4 Å². The summed E-state index contributed by atoms with van der Waals surface area (Å²) in [6.45, 7) is 0. The Morgan fingerprint density at radius 3 is 2.58 bits per heavy atom. The third kappa shape index (κ3) is 6.55. The smallest absolute Gasteiger partial charge is 0.388 e. The summed E-state index contributed by atoms with van der Waals surface area (Å²) in [4.78, 5) is 37.4. The summed E-state index contributed by atoms with van der Waals surface area (Å²) in [6, 6.07) is 20.1. The summed E-state index contributed by atoms with van der Waals surface area (Å²) in [5, 5.41) is 23.2. The van der Waals surface area contributed by atoms with E-state index in [1.54, 1.807) is 48.5 Å². The summed E-state index contributed by atoms with van der Waals surface area (Å²) in [5.74, 6) is -1.43. The van der Waals surface area contributed by atoms with Gasteiger partial charge in [-0.25, -0.2) is 9.89 Å². The van der Waals surface area contributed by atoms with E-state index in [1.807, 2.05) is 30.3 Å². The lowest BCUT2D eigenvalue weighted by Crippen LogP contribution is -2.44. The summed E-state index contributed by atoms with van der Waals surface area (Å²) < 4.78 is 6.40. The zero-order valence-electron chi connectivity index (χ0n) is 20.7. The lowest BCUT2D eigenvalue weighted by Gasteiger charge is -2.18. The first kappa shape index (κ1) is 26.3. The van der Waals surface area contributed by atoms with Crippen LogP contribution in [0.25, 0.3) is 23.2 Å². The van der Waals surface area contributed by atoms with Crippen LogP contribution in [-0.4, -0.2) is 48.3 Å². The van der Waals surface area contributed by atoms with Gasteiger partial charge in [-0.1, -0.05) is 41.9 Å². The molecule has 0 saturated carbocycles. The fourth-order valence-electron chi connectivity index (χ4n) is 3.86. The number of carbonyl (C=O) groups excluding carboxylic acids is 2. The maximum atomic E-state index is 13.3. The van der Waals surface area contributed by atoms with Crippen LogP contribution in [0.2, 0.25) is 5.02 Å². The topological polar surface area (TPSA) is 161 Å². The molecule has 1 unspecified atom stereocenters. The SMILES string of the molecule is O=C(C=Cc1cc(Cl)ccc1-n1cnnn1)NC(Cc1ccccc1)C(=O)Nc1ccc(-c2n[nH]c(=O)o2)cc1. The number of amides is 2. The van der Waals surface area contributed by atoms with Gasteiger partial charge in [-0.3, -0.25) is 9.59 Å². The maximum absolute atomic E-state index is 13.3. The summed E-state index contributed by atoms with van der Waals surface area (Å²) in [6.07, 6.45) is 4.58. The molecule has 2 amide bonds. The highest BCUT2D eigenvalue weighted by atomic mass is 35.5. The van der Waals surface area contributed by atoms with Crippen LogP contribution in [0.1, 0.15) is 11.1 Å². The molecule has 3 aromatic carbocycles. The molecule has 5 rings (SSSR count). The molecule has 1 atom stereocenters. The van der Waals surface area contributed by atoms with Crippen LogP contribution in [0.4, 0.5) is 5.69 Å². The molecule has 0 aliphatic heterocycles. The van der Waals surface area contributed by atoms with Crippen molar-refractivity contribution in [3.8, 4) is 17.1 Å². The average Bonchev–Trinajstić information content (AvgIpc) is 3.65. The molecule has 5 aromatic rings. The number of benzene rings is 3. The van der Waals surface area contributed by atoms with Crippen LogP contribution in [0, 0.1) is 0 Å². The molecule has 13 heteroatoms. The Hall–Kier alpha value is -5.36. The lowest BCUT2D eigenvalue weighted by molar-refractivity contribution is -0.123. The predicted octanol–water partition coefficient (Wildman–Crippen LogP) is 3.04. The minimum atomic E-state index is -0.887. The Balaban J connectivity index is 1.32. The predicted molar refractivity (Wildman–Crippen MR) is 146 cm³/mol. The zero-order chi connectivity index (χ0) is 27.9. The second-order valence-electron chi connectivity index (χ2n) is 8.53. The molecule has 40 heavy (non-hydrogen) atoms. The Morgan fingerprint density at radius 1 is 1.07 bits per heavy atom. The molecule has 0 aliphatic carbocycles. The number of nitrogens with one attached hydrogen (secondary N) is 3. The Bertz CT molecular complexity index is 1700. The van der Waals surface area contributed by atoms with E-state index in [0.717, 1.165) is 5.56 Å². The number of carbonyl (C=O) groups is 2. The number of halogens is 1. The summed E-state index contributed by atoms with van der Waals surface area (Å²) in [7, 11) is 0. The molecule has 2 aromatic heterocycles. The molecular formula is C27H21ClN8O4. The van der Waals surface area contributed by atoms with E-state index < -0.39 is 23.6 Å². The van der Waals surface area contributed by atoms with Gasteiger partial charge in [0, 0.05) is 34.3 Å². The van der Waals surface area contributed by atoms with Gasteiger partial charge in [-0.2, -0.15) is 4.68 Å². The number of aromatic nitrogens is 6. The van der Waals surface area contributed by atoms with E-state index in [9.17, 15) is 14.4 Å². The molecule has 0 saturated heterocycles. The molecule has 0 aliphatic rings. The van der Waals surface area contributed by atoms with Crippen molar-refractivity contribution in [2.24, 2.45) is 0 Å². The van der Waals surface area contributed by atoms with Crippen molar-refractivity contribution >= 4 is 35.2 Å². The quantitative estimate of drug-likeness (QED) is 0.233. The van der Waals surface area contributed by atoms with Crippen LogP contribution >= 0.6 is 11.6 Å². The fourth-order valence-corrected chi connectivity index (χ4v) is 4.04. The average molecular weight is 557 g/mol. The Kier molecular flexibility index (Phi) is 7.88. The monoisotopic (exact) mass is 556 g/mol. The van der Waals surface area contributed by atoms with Crippen LogP contribution < -0.4 is 16.4 Å². The first-order chi connectivity index (χ1) is 19.4. The molecular weight excluding hydrogens is 536 g/mol. The van der Waals surface area contributed by atoms with Gasteiger partial charge >= 0.3 is 5.76 Å². The van der Waals surface area contributed by atoms with E-state index in [1.165, 1.54) is 17.1 Å². The highest BCUT2D eigenvalue weighted by Gasteiger charge is 2.21. The highest BCUT2D eigenvalue weighted by Crippen LogP contribution is 2.21. The van der Waals surface area contributed by atoms with E-state index in [-0.39, 0.29) is 12.3 Å². The van der Waals surface area contributed by atoms with E-state index >= 15 is 0 Å². The third-order valence-corrected chi connectivity index (χ3v) is 5.99. The number of hydrogen-bond acceptors (Lipinski definition) is 8. The number of anilines is 1. The first-order valence-corrected chi connectivity index (χ1v) is 12.3. The van der Waals surface area contributed by atoms with Gasteiger partial charge in [0.25, 0.3) is 0 Å². The molecule has 200 valence electrons. The first-order valence-electron chi connectivity index (χ1n) is 12.0. The molecule has 0 bridgehead atoms. The van der Waals surface area contributed by atoms with Crippen molar-refractivity contribution in [2.45, 2.75) is 12.5 Å². The Morgan fingerprint density at radius 2 is 1.88 bits per heavy atom. The molecule has 0 fully saturated rings. The lowest BCUT2D eigenvalue weighted by atomic mass is 10.0. The maximum Gasteiger partial charge on any atom is 0.434 e. The van der Waals surface area contributed by atoms with Gasteiger partial charge in [0.1, 0.15) is 12.4 Å². The van der Waals surface area contributed by atoms with Crippen LogP contribution in [0.5, 0.6) is 0 Å². The van der Waals surface area contributed by atoms with Crippen molar-refractivity contribution < 1.29 is 14.0 Å². The number of aromatic amines is 1. The molecule has 2 heterocycles. The molecule has 3 N–H and O–H groups in total. The molecule has 0 radical (unpaired) electrons. The zero-order valence-corrected chi connectivity index (χ0v) is 21.4. The van der Waals surface area contributed by atoms with Gasteiger partial charge in [-0.05, 0) is 64.5 Å². The number of rotatable bonds is 9. The Labute approximate surface area is 231 Å².